The van der Waals surface area contributed by atoms with E-state index < -0.39 is 0 Å². The number of thiophene rings is 1. The van der Waals surface area contributed by atoms with Crippen LogP contribution >= 0.6 is 11.3 Å². The number of H-pyrrole nitrogens is 1. The van der Waals surface area contributed by atoms with Crippen molar-refractivity contribution in [1.29, 1.82) is 0 Å². The number of nitrogens with one attached hydrogen (secondary N) is 1. The Balaban J connectivity index is 1.12. The monoisotopic (exact) mass is 509 g/mol. The van der Waals surface area contributed by atoms with Crippen molar-refractivity contribution >= 4 is 32.3 Å². The lowest BCUT2D eigenvalue weighted by molar-refractivity contribution is 0.187. The molecule has 1 aliphatic rings. The van der Waals surface area contributed by atoms with Crippen LogP contribution in [0.15, 0.2) is 64.7 Å². The van der Waals surface area contributed by atoms with Gasteiger partial charge in [-0.05, 0) is 66.9 Å². The molecule has 0 aliphatic carbocycles. The van der Waals surface area contributed by atoms with E-state index in [1.807, 2.05) is 40.5 Å². The second kappa shape index (κ2) is 9.24. The van der Waals surface area contributed by atoms with Crippen molar-refractivity contribution in [2.75, 3.05) is 13.1 Å². The maximum atomic E-state index is 6.26. The first kappa shape index (κ1) is 22.4. The van der Waals surface area contributed by atoms with Crippen LogP contribution in [0.2, 0.25) is 0 Å². The van der Waals surface area contributed by atoms with Gasteiger partial charge in [0.05, 0.1) is 17.6 Å². The first-order valence-corrected chi connectivity index (χ1v) is 13.7. The number of aromatic nitrogens is 6. The third kappa shape index (κ3) is 4.14. The molecule has 6 aromatic rings. The van der Waals surface area contributed by atoms with Crippen molar-refractivity contribution in [3.63, 3.8) is 0 Å². The van der Waals surface area contributed by atoms with Crippen LogP contribution in [-0.4, -0.2) is 48.2 Å². The summed E-state index contributed by atoms with van der Waals surface area (Å²) >= 11 is 1.82. The van der Waals surface area contributed by atoms with Crippen LogP contribution in [0, 0.1) is 0 Å². The molecule has 0 bridgehead atoms. The minimum atomic E-state index is 0.244. The van der Waals surface area contributed by atoms with E-state index in [-0.39, 0.29) is 5.92 Å². The highest BCUT2D eigenvalue weighted by atomic mass is 32.1. The molecule has 4 aromatic heterocycles. The highest BCUT2D eigenvalue weighted by Crippen LogP contribution is 2.33. The molecule has 0 saturated carbocycles. The highest BCUT2D eigenvalue weighted by molar-refractivity contribution is 7.17. The van der Waals surface area contributed by atoms with Gasteiger partial charge < -0.3 is 4.42 Å². The Labute approximate surface area is 217 Å². The fourth-order valence-corrected chi connectivity index (χ4v) is 6.29. The molecule has 7 rings (SSSR count). The smallest absolute Gasteiger partial charge is 0.247 e. The molecule has 0 spiro atoms. The molecule has 8 nitrogen and oxygen atoms in total. The molecule has 0 radical (unpaired) electrons. The minimum absolute atomic E-state index is 0.244. The first-order valence-electron chi connectivity index (χ1n) is 12.8. The molecule has 2 aromatic carbocycles. The van der Waals surface area contributed by atoms with Crippen LogP contribution < -0.4 is 0 Å². The fraction of sp³-hybridized carbons (Fsp3) is 0.286. The van der Waals surface area contributed by atoms with Gasteiger partial charge in [-0.1, -0.05) is 18.2 Å². The van der Waals surface area contributed by atoms with Crippen LogP contribution in [-0.2, 0) is 13.1 Å². The van der Waals surface area contributed by atoms with Crippen LogP contribution in [0.5, 0.6) is 0 Å². The standard InChI is InChI=1S/C28H27N7OS/c1-2-35-16-20(13-29-35)26-23-12-18(9-10-24(23)30-31-26)27-32-33-28(36-27)19-6-5-11-34(14-19)15-21-17-37-25-8-4-3-7-22(21)25/h3-4,7-10,12-13,16-17,19H,2,5-6,11,14-15H2,1H3,(H,30,31)/t19-/m1/s1. The number of fused-ring (bicyclic) bond motifs is 2. The molecule has 1 N–H and O–H groups in total. The van der Waals surface area contributed by atoms with E-state index in [0.717, 1.165) is 72.6 Å². The summed E-state index contributed by atoms with van der Waals surface area (Å²) in [6, 6.07) is 14.8. The second-order valence-electron chi connectivity index (χ2n) is 9.69. The highest BCUT2D eigenvalue weighted by Gasteiger charge is 2.27. The normalized spacial score (nSPS) is 16.7. The number of aryl methyl sites for hydroxylation is 1. The van der Waals surface area contributed by atoms with Gasteiger partial charge in [0.25, 0.3) is 0 Å². The van der Waals surface area contributed by atoms with Gasteiger partial charge in [-0.25, -0.2) is 0 Å². The van der Waals surface area contributed by atoms with Gasteiger partial charge in [0.15, 0.2) is 0 Å². The quantitative estimate of drug-likeness (QED) is 0.292. The summed E-state index contributed by atoms with van der Waals surface area (Å²) in [5.74, 6) is 1.52. The van der Waals surface area contributed by atoms with Gasteiger partial charge >= 0.3 is 0 Å². The van der Waals surface area contributed by atoms with E-state index in [4.69, 9.17) is 4.42 Å². The fourth-order valence-electron chi connectivity index (χ4n) is 5.34. The summed E-state index contributed by atoms with van der Waals surface area (Å²) < 4.78 is 9.51. The Hall–Kier alpha value is -3.82. The molecule has 37 heavy (non-hydrogen) atoms. The molecule has 1 saturated heterocycles. The number of aromatic amines is 1. The lowest BCUT2D eigenvalue weighted by Crippen LogP contribution is -2.33. The minimum Gasteiger partial charge on any atom is -0.420 e. The Morgan fingerprint density at radius 2 is 2.05 bits per heavy atom. The number of likely N-dealkylation sites (tertiary alicyclic amines) is 1. The van der Waals surface area contributed by atoms with Gasteiger partial charge in [0.1, 0.15) is 5.69 Å². The van der Waals surface area contributed by atoms with E-state index in [9.17, 15) is 0 Å². The number of piperidine rings is 1. The summed E-state index contributed by atoms with van der Waals surface area (Å²) in [5.41, 5.74) is 5.12. The molecule has 186 valence electrons. The van der Waals surface area contributed by atoms with Crippen LogP contribution in [0.1, 0.15) is 37.1 Å². The van der Waals surface area contributed by atoms with Gasteiger partial charge in [-0.2, -0.15) is 10.2 Å². The lowest BCUT2D eigenvalue weighted by atomic mass is 9.97. The second-order valence-corrected chi connectivity index (χ2v) is 10.6. The lowest BCUT2D eigenvalue weighted by Gasteiger charge is -2.30. The number of hydrogen-bond acceptors (Lipinski definition) is 7. The molecular weight excluding hydrogens is 482 g/mol. The van der Waals surface area contributed by atoms with E-state index in [0.29, 0.717) is 5.89 Å². The first-order chi connectivity index (χ1) is 18.2. The van der Waals surface area contributed by atoms with Crippen molar-refractivity contribution in [3.8, 4) is 22.7 Å². The van der Waals surface area contributed by atoms with Crippen LogP contribution in [0.3, 0.4) is 0 Å². The van der Waals surface area contributed by atoms with Crippen molar-refractivity contribution in [2.24, 2.45) is 0 Å². The maximum Gasteiger partial charge on any atom is 0.247 e. The number of hydrogen-bond donors (Lipinski definition) is 1. The van der Waals surface area contributed by atoms with Crippen molar-refractivity contribution in [2.45, 2.75) is 38.8 Å². The predicted octanol–water partition coefficient (Wildman–Crippen LogP) is 6.09. The Bertz CT molecular complexity index is 1690. The number of nitrogens with zero attached hydrogens (tertiary/aromatic N) is 6. The molecule has 1 atom stereocenters. The van der Waals surface area contributed by atoms with E-state index >= 15 is 0 Å². The Morgan fingerprint density at radius 1 is 1.11 bits per heavy atom. The molecule has 1 fully saturated rings. The van der Waals surface area contributed by atoms with Crippen LogP contribution in [0.25, 0.3) is 43.7 Å². The van der Waals surface area contributed by atoms with Gasteiger partial charge in [0, 0.05) is 47.0 Å². The molecule has 1 aliphatic heterocycles. The van der Waals surface area contributed by atoms with E-state index in [1.165, 1.54) is 15.6 Å². The van der Waals surface area contributed by atoms with Crippen molar-refractivity contribution < 1.29 is 4.42 Å². The maximum absolute atomic E-state index is 6.26. The Morgan fingerprint density at radius 3 is 2.97 bits per heavy atom. The largest absolute Gasteiger partial charge is 0.420 e. The van der Waals surface area contributed by atoms with E-state index in [1.54, 1.807) is 0 Å². The summed E-state index contributed by atoms with van der Waals surface area (Å²) in [6.07, 6.45) is 6.06. The van der Waals surface area contributed by atoms with Gasteiger partial charge in [0.2, 0.25) is 11.8 Å². The average molecular weight is 510 g/mol. The number of rotatable bonds is 6. The van der Waals surface area contributed by atoms with Crippen molar-refractivity contribution in [1.82, 2.24) is 35.1 Å². The molecular formula is C28H27N7OS. The summed E-state index contributed by atoms with van der Waals surface area (Å²) in [7, 11) is 0. The van der Waals surface area contributed by atoms with Crippen LogP contribution in [0.4, 0.5) is 0 Å². The zero-order valence-corrected chi connectivity index (χ0v) is 21.4. The average Bonchev–Trinajstić information content (AvgIpc) is 3.74. The summed E-state index contributed by atoms with van der Waals surface area (Å²) in [4.78, 5) is 2.52. The van der Waals surface area contributed by atoms with Gasteiger partial charge in [-0.3, -0.25) is 14.7 Å². The molecule has 9 heteroatoms. The third-order valence-corrected chi connectivity index (χ3v) is 8.30. The van der Waals surface area contributed by atoms with E-state index in [2.05, 4.69) is 73.0 Å². The van der Waals surface area contributed by atoms with Gasteiger partial charge in [-0.15, -0.1) is 21.5 Å². The topological polar surface area (TPSA) is 88.7 Å². The molecule has 5 heterocycles. The number of benzene rings is 2. The summed E-state index contributed by atoms with van der Waals surface area (Å²) in [5, 5.41) is 25.6. The zero-order valence-electron chi connectivity index (χ0n) is 20.6. The molecule has 0 unspecified atom stereocenters. The Kier molecular flexibility index (Phi) is 5.59. The zero-order chi connectivity index (χ0) is 24.8. The van der Waals surface area contributed by atoms with Crippen molar-refractivity contribution in [3.05, 3.63) is 71.7 Å². The SMILES string of the molecule is CCn1cc(-c2n[nH]c3ccc(-c4nnc([C@@H]5CCCN(Cc6csc7ccccc67)C5)o4)cc23)cn1. The third-order valence-electron chi connectivity index (χ3n) is 7.29. The summed E-state index contributed by atoms with van der Waals surface area (Å²) in [6.45, 7) is 5.87. The predicted molar refractivity (Wildman–Crippen MR) is 145 cm³/mol. The molecule has 0 amide bonds.